The molecule has 0 aliphatic carbocycles. The zero-order chi connectivity index (χ0) is 11.1. The van der Waals surface area contributed by atoms with Crippen molar-refractivity contribution in [2.45, 2.75) is 13.0 Å². The first-order valence-electron chi connectivity index (χ1n) is 4.80. The molecule has 1 rings (SSSR count). The first-order valence-corrected chi connectivity index (χ1v) is 6.09. The lowest BCUT2D eigenvalue weighted by Crippen LogP contribution is -2.38. The maximum absolute atomic E-state index is 5.14. The summed E-state index contributed by atoms with van der Waals surface area (Å²) in [6, 6.07) is 4.40. The lowest BCUT2D eigenvalue weighted by molar-refractivity contribution is 0.204. The van der Waals surface area contributed by atoms with Crippen molar-refractivity contribution in [3.63, 3.8) is 0 Å². The van der Waals surface area contributed by atoms with E-state index in [0.717, 1.165) is 6.54 Å². The van der Waals surface area contributed by atoms with Gasteiger partial charge in [0, 0.05) is 18.5 Å². The predicted octanol–water partition coefficient (Wildman–Crippen LogP) is 1.92. The first kappa shape index (κ1) is 12.4. The molecule has 0 radical (unpaired) electrons. The van der Waals surface area contributed by atoms with Crippen LogP contribution < -0.4 is 10.6 Å². The highest BCUT2D eigenvalue weighted by Gasteiger charge is 2.06. The topological polar surface area (TPSA) is 33.3 Å². The smallest absolute Gasteiger partial charge is 0.166 e. The van der Waals surface area contributed by atoms with Crippen LogP contribution in [0, 0.1) is 0 Å². The largest absolute Gasteiger partial charge is 0.383 e. The fraction of sp³-hybridized carbons (Fsp3) is 0.500. The lowest BCUT2D eigenvalue weighted by Gasteiger charge is -2.15. The molecular weight excluding hydrogens is 228 g/mol. The molecule has 1 atom stereocenters. The number of nitrogens with one attached hydrogen (secondary N) is 2. The van der Waals surface area contributed by atoms with Crippen molar-refractivity contribution >= 4 is 28.7 Å². The Morgan fingerprint density at radius 3 is 3.07 bits per heavy atom. The first-order chi connectivity index (χ1) is 7.24. The van der Waals surface area contributed by atoms with E-state index in [1.807, 2.05) is 6.07 Å². The Morgan fingerprint density at radius 2 is 2.47 bits per heavy atom. The molecule has 84 valence electrons. The number of hydrogen-bond donors (Lipinski definition) is 2. The maximum Gasteiger partial charge on any atom is 0.166 e. The van der Waals surface area contributed by atoms with Crippen molar-refractivity contribution in [2.75, 3.05) is 20.3 Å². The van der Waals surface area contributed by atoms with Crippen LogP contribution in [0.15, 0.2) is 17.5 Å². The van der Waals surface area contributed by atoms with Crippen LogP contribution in [-0.4, -0.2) is 25.4 Å². The Morgan fingerprint density at radius 1 is 1.67 bits per heavy atom. The Balaban J connectivity index is 2.26. The third kappa shape index (κ3) is 4.59. The van der Waals surface area contributed by atoms with Crippen LogP contribution in [0.1, 0.15) is 17.8 Å². The summed E-state index contributed by atoms with van der Waals surface area (Å²) in [5.41, 5.74) is 0. The molecule has 1 aromatic rings. The van der Waals surface area contributed by atoms with Gasteiger partial charge < -0.3 is 15.4 Å². The second kappa shape index (κ2) is 6.76. The molecule has 1 heterocycles. The summed E-state index contributed by atoms with van der Waals surface area (Å²) in [7, 11) is 1.67. The highest BCUT2D eigenvalue weighted by atomic mass is 32.1. The van der Waals surface area contributed by atoms with Crippen molar-refractivity contribution in [1.29, 1.82) is 0 Å². The summed E-state index contributed by atoms with van der Waals surface area (Å²) in [4.78, 5) is 1.28. The van der Waals surface area contributed by atoms with Crippen molar-refractivity contribution in [3.05, 3.63) is 22.4 Å². The highest BCUT2D eigenvalue weighted by Crippen LogP contribution is 2.17. The standard InChI is InChI=1S/C10H16N2OS2/c1-8(9-4-3-7-15-9)12-10(14)11-5-6-13-2/h3-4,7-8H,5-6H2,1-2H3,(H2,11,12,14). The fourth-order valence-corrected chi connectivity index (χ4v) is 2.14. The van der Waals surface area contributed by atoms with Gasteiger partial charge in [0.2, 0.25) is 0 Å². The molecule has 5 heteroatoms. The second-order valence-electron chi connectivity index (χ2n) is 3.13. The summed E-state index contributed by atoms with van der Waals surface area (Å²) >= 11 is 6.87. The van der Waals surface area contributed by atoms with E-state index in [1.54, 1.807) is 18.4 Å². The molecule has 0 saturated carbocycles. The summed E-state index contributed by atoms with van der Waals surface area (Å²) in [5.74, 6) is 0. The van der Waals surface area contributed by atoms with Crippen LogP contribution in [-0.2, 0) is 4.74 Å². The SMILES string of the molecule is COCCNC(=S)NC(C)c1cccs1. The molecule has 0 aliphatic rings. The molecule has 1 aromatic heterocycles. The molecule has 0 spiro atoms. The van der Waals surface area contributed by atoms with E-state index in [2.05, 4.69) is 29.0 Å². The molecule has 1 unspecified atom stereocenters. The van der Waals surface area contributed by atoms with Crippen LogP contribution in [0.2, 0.25) is 0 Å². The van der Waals surface area contributed by atoms with Gasteiger partial charge in [0.25, 0.3) is 0 Å². The maximum atomic E-state index is 5.14. The van der Waals surface area contributed by atoms with E-state index in [9.17, 15) is 0 Å². The third-order valence-corrected chi connectivity index (χ3v) is 3.23. The van der Waals surface area contributed by atoms with Crippen molar-refractivity contribution in [3.8, 4) is 0 Å². The summed E-state index contributed by atoms with van der Waals surface area (Å²) in [6.45, 7) is 3.49. The molecule has 2 N–H and O–H groups in total. The van der Waals surface area contributed by atoms with E-state index in [4.69, 9.17) is 17.0 Å². The molecule has 0 bridgehead atoms. The molecule has 15 heavy (non-hydrogen) atoms. The van der Waals surface area contributed by atoms with Crippen molar-refractivity contribution < 1.29 is 4.74 Å². The van der Waals surface area contributed by atoms with Gasteiger partial charge >= 0.3 is 0 Å². The van der Waals surface area contributed by atoms with E-state index >= 15 is 0 Å². The van der Waals surface area contributed by atoms with Gasteiger partial charge in [-0.25, -0.2) is 0 Å². The van der Waals surface area contributed by atoms with Gasteiger partial charge in [-0.3, -0.25) is 0 Å². The number of ether oxygens (including phenoxy) is 1. The summed E-state index contributed by atoms with van der Waals surface area (Å²) in [5, 5.41) is 9.03. The Hall–Kier alpha value is -0.650. The van der Waals surface area contributed by atoms with Gasteiger partial charge in [-0.05, 0) is 30.6 Å². The van der Waals surface area contributed by atoms with Gasteiger partial charge in [-0.2, -0.15) is 0 Å². The lowest BCUT2D eigenvalue weighted by atomic mass is 10.3. The highest BCUT2D eigenvalue weighted by molar-refractivity contribution is 7.80. The minimum absolute atomic E-state index is 0.257. The zero-order valence-corrected chi connectivity index (χ0v) is 10.6. The Kier molecular flexibility index (Phi) is 5.60. The minimum atomic E-state index is 0.257. The van der Waals surface area contributed by atoms with Crippen LogP contribution in [0.4, 0.5) is 0 Å². The van der Waals surface area contributed by atoms with Crippen LogP contribution >= 0.6 is 23.6 Å². The van der Waals surface area contributed by atoms with Gasteiger partial charge in [0.05, 0.1) is 12.6 Å². The molecule has 0 aliphatic heterocycles. The zero-order valence-electron chi connectivity index (χ0n) is 8.95. The van der Waals surface area contributed by atoms with Gasteiger partial charge in [0.15, 0.2) is 5.11 Å². The number of methoxy groups -OCH3 is 1. The van der Waals surface area contributed by atoms with Crippen LogP contribution in [0.5, 0.6) is 0 Å². The molecule has 0 amide bonds. The third-order valence-electron chi connectivity index (χ3n) is 1.91. The average Bonchev–Trinajstić information content (AvgIpc) is 2.70. The van der Waals surface area contributed by atoms with Crippen molar-refractivity contribution in [1.82, 2.24) is 10.6 Å². The van der Waals surface area contributed by atoms with E-state index < -0.39 is 0 Å². The minimum Gasteiger partial charge on any atom is -0.383 e. The number of thiophene rings is 1. The number of rotatable bonds is 5. The average molecular weight is 244 g/mol. The quantitative estimate of drug-likeness (QED) is 0.612. The molecule has 0 aromatic carbocycles. The predicted molar refractivity (Wildman–Crippen MR) is 68.3 cm³/mol. The molecule has 3 nitrogen and oxygen atoms in total. The molecular formula is C10H16N2OS2. The summed E-state index contributed by atoms with van der Waals surface area (Å²) in [6.07, 6.45) is 0. The fourth-order valence-electron chi connectivity index (χ4n) is 1.12. The summed E-state index contributed by atoms with van der Waals surface area (Å²) < 4.78 is 4.92. The van der Waals surface area contributed by atoms with Crippen molar-refractivity contribution in [2.24, 2.45) is 0 Å². The van der Waals surface area contributed by atoms with Gasteiger partial charge in [-0.1, -0.05) is 6.07 Å². The van der Waals surface area contributed by atoms with Gasteiger partial charge in [0.1, 0.15) is 0 Å². The number of thiocarbonyl (C=S) groups is 1. The Labute approximate surface area is 99.8 Å². The molecule has 0 fully saturated rings. The number of hydrogen-bond acceptors (Lipinski definition) is 3. The van der Waals surface area contributed by atoms with Crippen LogP contribution in [0.3, 0.4) is 0 Å². The van der Waals surface area contributed by atoms with E-state index in [1.165, 1.54) is 4.88 Å². The second-order valence-corrected chi connectivity index (χ2v) is 4.52. The monoisotopic (exact) mass is 244 g/mol. The van der Waals surface area contributed by atoms with Crippen LogP contribution in [0.25, 0.3) is 0 Å². The normalized spacial score (nSPS) is 12.1. The molecule has 0 saturated heterocycles. The van der Waals surface area contributed by atoms with E-state index in [-0.39, 0.29) is 6.04 Å². The van der Waals surface area contributed by atoms with E-state index in [0.29, 0.717) is 11.7 Å². The van der Waals surface area contributed by atoms with Gasteiger partial charge in [-0.15, -0.1) is 11.3 Å². The Bertz CT molecular complexity index is 288.